The van der Waals surface area contributed by atoms with Gasteiger partial charge < -0.3 is 15.4 Å². The first-order chi connectivity index (χ1) is 10.2. The van der Waals surface area contributed by atoms with E-state index in [0.29, 0.717) is 6.54 Å². The van der Waals surface area contributed by atoms with Crippen LogP contribution in [0.2, 0.25) is 0 Å². The maximum Gasteiger partial charge on any atom is 0.242 e. The fraction of sp³-hybridized carbons (Fsp3) is 0.529. The zero-order valence-corrected chi connectivity index (χ0v) is 14.0. The summed E-state index contributed by atoms with van der Waals surface area (Å²) in [5.41, 5.74) is 0.616. The third-order valence-electron chi connectivity index (χ3n) is 3.29. The molecule has 1 aromatic rings. The number of hydrogen-bond acceptors (Lipinski definition) is 3. The van der Waals surface area contributed by atoms with E-state index in [1.807, 2.05) is 45.0 Å². The van der Waals surface area contributed by atoms with E-state index in [1.54, 1.807) is 14.0 Å². The van der Waals surface area contributed by atoms with Crippen molar-refractivity contribution < 1.29 is 14.3 Å². The van der Waals surface area contributed by atoms with Crippen LogP contribution < -0.4 is 15.4 Å². The van der Waals surface area contributed by atoms with E-state index >= 15 is 0 Å². The molecular formula is C17H26N2O3. The average Bonchev–Trinajstić information content (AvgIpc) is 2.46. The summed E-state index contributed by atoms with van der Waals surface area (Å²) in [6.45, 7) is 7.66. The molecule has 5 heteroatoms. The molecule has 0 aliphatic carbocycles. The summed E-state index contributed by atoms with van der Waals surface area (Å²) < 4.78 is 5.10. The standard InChI is InChI=1S/C17H26N2O3/c1-12(19-16(21)17(2,3)4)15(20)18-11-10-13-6-8-14(22-5)9-7-13/h6-9,12H,10-11H2,1-5H3,(H,18,20)(H,19,21). The van der Waals surface area contributed by atoms with Crippen molar-refractivity contribution in [2.75, 3.05) is 13.7 Å². The van der Waals surface area contributed by atoms with Crippen molar-refractivity contribution in [3.63, 3.8) is 0 Å². The number of ether oxygens (including phenoxy) is 1. The lowest BCUT2D eigenvalue weighted by atomic mass is 9.95. The van der Waals surface area contributed by atoms with Gasteiger partial charge in [0, 0.05) is 12.0 Å². The quantitative estimate of drug-likeness (QED) is 0.843. The average molecular weight is 306 g/mol. The highest BCUT2D eigenvalue weighted by atomic mass is 16.5. The molecule has 5 nitrogen and oxygen atoms in total. The van der Waals surface area contributed by atoms with Gasteiger partial charge in [-0.25, -0.2) is 0 Å². The minimum absolute atomic E-state index is 0.134. The van der Waals surface area contributed by atoms with Gasteiger partial charge in [-0.3, -0.25) is 9.59 Å². The fourth-order valence-corrected chi connectivity index (χ4v) is 1.75. The van der Waals surface area contributed by atoms with E-state index < -0.39 is 11.5 Å². The number of carbonyl (C=O) groups is 2. The molecule has 0 spiro atoms. The highest BCUT2D eigenvalue weighted by Gasteiger charge is 2.24. The van der Waals surface area contributed by atoms with Crippen LogP contribution >= 0.6 is 0 Å². The maximum absolute atomic E-state index is 12.0. The Morgan fingerprint density at radius 1 is 1.18 bits per heavy atom. The van der Waals surface area contributed by atoms with Crippen molar-refractivity contribution in [2.24, 2.45) is 5.41 Å². The molecule has 0 radical (unpaired) electrons. The second kappa shape index (κ2) is 7.82. The normalized spacial score (nSPS) is 12.4. The third-order valence-corrected chi connectivity index (χ3v) is 3.29. The lowest BCUT2D eigenvalue weighted by Crippen LogP contribution is -2.48. The first-order valence-electron chi connectivity index (χ1n) is 7.45. The van der Waals surface area contributed by atoms with Crippen molar-refractivity contribution in [3.05, 3.63) is 29.8 Å². The summed E-state index contributed by atoms with van der Waals surface area (Å²) in [5, 5.41) is 5.55. The van der Waals surface area contributed by atoms with Crippen molar-refractivity contribution in [1.29, 1.82) is 0 Å². The number of rotatable bonds is 6. The molecule has 0 aliphatic heterocycles. The number of benzene rings is 1. The van der Waals surface area contributed by atoms with Gasteiger partial charge in [0.2, 0.25) is 11.8 Å². The Morgan fingerprint density at radius 3 is 2.27 bits per heavy atom. The second-order valence-corrected chi connectivity index (χ2v) is 6.33. The predicted octanol–water partition coefficient (Wildman–Crippen LogP) is 1.90. The zero-order valence-electron chi connectivity index (χ0n) is 14.0. The molecule has 1 aromatic carbocycles. The molecule has 1 unspecified atom stereocenters. The van der Waals surface area contributed by atoms with Gasteiger partial charge in [-0.2, -0.15) is 0 Å². The van der Waals surface area contributed by atoms with Gasteiger partial charge in [-0.1, -0.05) is 32.9 Å². The summed E-state index contributed by atoms with van der Waals surface area (Å²) in [6.07, 6.45) is 0.732. The van der Waals surface area contributed by atoms with E-state index in [2.05, 4.69) is 10.6 Å². The Morgan fingerprint density at radius 2 is 1.77 bits per heavy atom. The molecule has 22 heavy (non-hydrogen) atoms. The molecule has 2 N–H and O–H groups in total. The van der Waals surface area contributed by atoms with E-state index in [1.165, 1.54) is 0 Å². The Hall–Kier alpha value is -2.04. The molecule has 0 fully saturated rings. The summed E-state index contributed by atoms with van der Waals surface area (Å²) in [6, 6.07) is 7.18. The molecule has 1 rings (SSSR count). The van der Waals surface area contributed by atoms with Gasteiger partial charge in [0.15, 0.2) is 0 Å². The number of carbonyl (C=O) groups excluding carboxylic acids is 2. The first kappa shape index (κ1) is 18.0. The molecule has 0 bridgehead atoms. The minimum Gasteiger partial charge on any atom is -0.497 e. The van der Waals surface area contributed by atoms with Crippen LogP contribution in [-0.4, -0.2) is 31.5 Å². The number of hydrogen-bond donors (Lipinski definition) is 2. The summed E-state index contributed by atoms with van der Waals surface area (Å²) in [7, 11) is 1.63. The number of nitrogens with one attached hydrogen (secondary N) is 2. The summed E-state index contributed by atoms with van der Waals surface area (Å²) in [4.78, 5) is 23.8. The topological polar surface area (TPSA) is 67.4 Å². The largest absolute Gasteiger partial charge is 0.497 e. The molecule has 0 heterocycles. The van der Waals surface area contributed by atoms with Crippen LogP contribution in [0.4, 0.5) is 0 Å². The van der Waals surface area contributed by atoms with Crippen LogP contribution in [0.5, 0.6) is 5.75 Å². The third kappa shape index (κ3) is 5.76. The lowest BCUT2D eigenvalue weighted by Gasteiger charge is -2.21. The van der Waals surface area contributed by atoms with Gasteiger partial charge in [0.25, 0.3) is 0 Å². The smallest absolute Gasteiger partial charge is 0.242 e. The van der Waals surface area contributed by atoms with Gasteiger partial charge in [0.05, 0.1) is 7.11 Å². The van der Waals surface area contributed by atoms with Crippen LogP contribution in [-0.2, 0) is 16.0 Å². The van der Waals surface area contributed by atoms with Gasteiger partial charge >= 0.3 is 0 Å². The zero-order chi connectivity index (χ0) is 16.8. The lowest BCUT2D eigenvalue weighted by molar-refractivity contribution is -0.133. The Balaban J connectivity index is 2.37. The fourth-order valence-electron chi connectivity index (χ4n) is 1.75. The number of methoxy groups -OCH3 is 1. The molecule has 0 saturated carbocycles. The van der Waals surface area contributed by atoms with Crippen LogP contribution in [0, 0.1) is 5.41 Å². The molecule has 0 saturated heterocycles. The highest BCUT2D eigenvalue weighted by Crippen LogP contribution is 2.13. The monoisotopic (exact) mass is 306 g/mol. The van der Waals surface area contributed by atoms with Crippen molar-refractivity contribution in [3.8, 4) is 5.75 Å². The second-order valence-electron chi connectivity index (χ2n) is 6.33. The molecule has 0 aromatic heterocycles. The van der Waals surface area contributed by atoms with Gasteiger partial charge in [-0.05, 0) is 31.0 Å². The predicted molar refractivity (Wildman–Crippen MR) is 86.8 cm³/mol. The van der Waals surface area contributed by atoms with Crippen LogP contribution in [0.3, 0.4) is 0 Å². The number of amides is 2. The molecule has 122 valence electrons. The Bertz CT molecular complexity index is 504. The summed E-state index contributed by atoms with van der Waals surface area (Å²) >= 11 is 0. The first-order valence-corrected chi connectivity index (χ1v) is 7.45. The van der Waals surface area contributed by atoms with Crippen molar-refractivity contribution in [2.45, 2.75) is 40.2 Å². The van der Waals surface area contributed by atoms with E-state index in [0.717, 1.165) is 17.7 Å². The molecule has 2 amide bonds. The van der Waals surface area contributed by atoms with E-state index in [4.69, 9.17) is 4.74 Å². The maximum atomic E-state index is 12.0. The highest BCUT2D eigenvalue weighted by molar-refractivity contribution is 5.89. The van der Waals surface area contributed by atoms with Crippen LogP contribution in [0.25, 0.3) is 0 Å². The van der Waals surface area contributed by atoms with Crippen molar-refractivity contribution in [1.82, 2.24) is 10.6 Å². The Labute approximate surface area is 132 Å². The van der Waals surface area contributed by atoms with E-state index in [-0.39, 0.29) is 11.8 Å². The van der Waals surface area contributed by atoms with Gasteiger partial charge in [-0.15, -0.1) is 0 Å². The van der Waals surface area contributed by atoms with Gasteiger partial charge in [0.1, 0.15) is 11.8 Å². The minimum atomic E-state index is -0.539. The SMILES string of the molecule is COc1ccc(CCNC(=O)C(C)NC(=O)C(C)(C)C)cc1. The summed E-state index contributed by atoms with van der Waals surface area (Å²) in [5.74, 6) is 0.503. The van der Waals surface area contributed by atoms with Crippen LogP contribution in [0.15, 0.2) is 24.3 Å². The van der Waals surface area contributed by atoms with Crippen molar-refractivity contribution >= 4 is 11.8 Å². The molecular weight excluding hydrogens is 280 g/mol. The Kier molecular flexibility index (Phi) is 6.40. The van der Waals surface area contributed by atoms with E-state index in [9.17, 15) is 9.59 Å². The molecule has 0 aliphatic rings. The molecule has 1 atom stereocenters. The van der Waals surface area contributed by atoms with Crippen LogP contribution in [0.1, 0.15) is 33.3 Å².